The molecule has 2 atom stereocenters. The number of aryl methyl sites for hydroxylation is 3. The van der Waals surface area contributed by atoms with Crippen LogP contribution in [-0.4, -0.2) is 61.4 Å². The highest BCUT2D eigenvalue weighted by Crippen LogP contribution is 2.42. The normalized spacial score (nSPS) is 15.7. The van der Waals surface area contributed by atoms with Crippen molar-refractivity contribution in [1.82, 2.24) is 15.0 Å². The summed E-state index contributed by atoms with van der Waals surface area (Å²) in [5.74, 6) is 1.41. The van der Waals surface area contributed by atoms with E-state index in [1.807, 2.05) is 39.1 Å². The smallest absolute Gasteiger partial charge is 0.232 e. The zero-order valence-electron chi connectivity index (χ0n) is 24.5. The van der Waals surface area contributed by atoms with E-state index in [2.05, 4.69) is 11.0 Å². The lowest BCUT2D eigenvalue weighted by atomic mass is 10.1. The third kappa shape index (κ3) is 6.08. The molecule has 228 valence electrons. The largest absolute Gasteiger partial charge is 0.611 e. The lowest BCUT2D eigenvalue weighted by molar-refractivity contribution is 0.122. The first-order chi connectivity index (χ1) is 20.6. The molecule has 14 heteroatoms. The van der Waals surface area contributed by atoms with Crippen LogP contribution in [0.4, 0.5) is 17.2 Å². The Kier molecular flexibility index (Phi) is 9.09. The van der Waals surface area contributed by atoms with Crippen LogP contribution in [0, 0.1) is 13.8 Å². The number of hydrogen-bond acceptors (Lipinski definition) is 12. The number of nitrogens with two attached hydrogens (primary N) is 2. The molecule has 0 bridgehead atoms. The third-order valence-corrected chi connectivity index (χ3v) is 14.4. The van der Waals surface area contributed by atoms with Gasteiger partial charge < -0.3 is 30.2 Å². The van der Waals surface area contributed by atoms with Gasteiger partial charge in [-0.25, -0.2) is 15.0 Å². The molecular weight excluding hydrogens is 641 g/mol. The molecule has 0 radical (unpaired) electrons. The minimum atomic E-state index is -1.23. The molecule has 1 aliphatic heterocycles. The van der Waals surface area contributed by atoms with E-state index in [1.54, 1.807) is 11.3 Å². The summed E-state index contributed by atoms with van der Waals surface area (Å²) in [5, 5.41) is 4.63. The first kappa shape index (κ1) is 30.8. The highest BCUT2D eigenvalue weighted by Gasteiger charge is 2.27. The molecule has 0 amide bonds. The van der Waals surface area contributed by atoms with Crippen molar-refractivity contribution in [2.45, 2.75) is 54.2 Å². The van der Waals surface area contributed by atoms with Gasteiger partial charge in [-0.05, 0) is 75.0 Å². The van der Waals surface area contributed by atoms with E-state index < -0.39 is 22.4 Å². The number of fused-ring (bicyclic) bond motifs is 2. The van der Waals surface area contributed by atoms with Crippen molar-refractivity contribution in [3.05, 3.63) is 34.3 Å². The molecule has 43 heavy (non-hydrogen) atoms. The second kappa shape index (κ2) is 12.7. The Labute approximate surface area is 269 Å². The van der Waals surface area contributed by atoms with Crippen LogP contribution in [0.25, 0.3) is 31.1 Å². The fourth-order valence-corrected chi connectivity index (χ4v) is 11.5. The van der Waals surface area contributed by atoms with Crippen LogP contribution in [0.2, 0.25) is 0 Å². The van der Waals surface area contributed by atoms with E-state index in [4.69, 9.17) is 31.2 Å². The van der Waals surface area contributed by atoms with Gasteiger partial charge in [-0.1, -0.05) is 22.7 Å². The number of anilines is 3. The van der Waals surface area contributed by atoms with Gasteiger partial charge in [0.15, 0.2) is 0 Å². The van der Waals surface area contributed by atoms with Crippen molar-refractivity contribution in [3.63, 3.8) is 0 Å². The number of nitrogen functional groups attached to an aromatic ring is 2. The van der Waals surface area contributed by atoms with E-state index >= 15 is 0 Å². The average molecular weight is 675 g/mol. The number of thiophene rings is 2. The Balaban J connectivity index is 1.14. The summed E-state index contributed by atoms with van der Waals surface area (Å²) in [6, 6.07) is 4.06. The molecule has 6 rings (SSSR count). The van der Waals surface area contributed by atoms with Gasteiger partial charge in [0.05, 0.1) is 18.9 Å². The number of morpholine rings is 1. The maximum absolute atomic E-state index is 13.4. The lowest BCUT2D eigenvalue weighted by Crippen LogP contribution is -2.36. The molecule has 0 aromatic carbocycles. The Hall–Kier alpha value is -2.17. The Morgan fingerprint density at radius 2 is 1.60 bits per heavy atom. The van der Waals surface area contributed by atoms with Crippen molar-refractivity contribution >= 4 is 94.0 Å². The van der Waals surface area contributed by atoms with Gasteiger partial charge in [0, 0.05) is 40.4 Å². The molecule has 1 aliphatic rings. The van der Waals surface area contributed by atoms with Crippen LogP contribution >= 0.6 is 34.0 Å². The second-order valence-corrected chi connectivity index (χ2v) is 17.7. The van der Waals surface area contributed by atoms with Gasteiger partial charge in [0.1, 0.15) is 48.6 Å². The van der Waals surface area contributed by atoms with Gasteiger partial charge in [-0.3, -0.25) is 0 Å². The molecular formula is C29H34N6O3S5. The lowest BCUT2D eigenvalue weighted by Gasteiger charge is -2.28. The highest BCUT2D eigenvalue weighted by molar-refractivity contribution is 7.94. The minimum absolute atomic E-state index is 0.0182. The van der Waals surface area contributed by atoms with Gasteiger partial charge >= 0.3 is 0 Å². The zero-order chi connectivity index (χ0) is 30.4. The van der Waals surface area contributed by atoms with Crippen molar-refractivity contribution in [2.24, 2.45) is 0 Å². The standard InChI is InChI=1S/C29H34N6O3S5/c1-15(2)43(37)29-24(31)21-16(3)12-19(33-26(21)41-29)25-32-18(14-39-25)6-5-11-42(36)28-23(30)22-17(4)13-20(34-27(22)40-28)35-7-9-38-10-8-35/h12-15H,5-11,30-31H2,1-4H3. The molecule has 6 heterocycles. The molecule has 5 aromatic rings. The van der Waals surface area contributed by atoms with Crippen LogP contribution in [0.5, 0.6) is 0 Å². The van der Waals surface area contributed by atoms with E-state index in [-0.39, 0.29) is 5.25 Å². The maximum Gasteiger partial charge on any atom is 0.232 e. The molecule has 0 saturated carbocycles. The van der Waals surface area contributed by atoms with E-state index in [0.717, 1.165) is 66.9 Å². The van der Waals surface area contributed by atoms with Gasteiger partial charge in [0.25, 0.3) is 0 Å². The molecule has 4 N–H and O–H groups in total. The Morgan fingerprint density at radius 1 is 0.953 bits per heavy atom. The molecule has 5 aromatic heterocycles. The Morgan fingerprint density at radius 3 is 2.33 bits per heavy atom. The summed E-state index contributed by atoms with van der Waals surface area (Å²) < 4.78 is 33.0. The maximum atomic E-state index is 13.4. The molecule has 9 nitrogen and oxygen atoms in total. The van der Waals surface area contributed by atoms with Crippen molar-refractivity contribution in [3.8, 4) is 10.7 Å². The third-order valence-electron chi connectivity index (χ3n) is 7.40. The predicted octanol–water partition coefficient (Wildman–Crippen LogP) is 5.90. The number of thiazole rings is 1. The van der Waals surface area contributed by atoms with E-state index in [0.29, 0.717) is 51.6 Å². The molecule has 1 saturated heterocycles. The number of pyridine rings is 2. The number of hydrogen-bond donors (Lipinski definition) is 2. The highest BCUT2D eigenvalue weighted by atomic mass is 32.2. The predicted molar refractivity (Wildman–Crippen MR) is 183 cm³/mol. The first-order valence-electron chi connectivity index (χ1n) is 14.1. The second-order valence-electron chi connectivity index (χ2n) is 10.8. The number of nitrogens with zero attached hydrogens (tertiary/aromatic N) is 4. The summed E-state index contributed by atoms with van der Waals surface area (Å²) in [7, 11) is 0. The fraction of sp³-hybridized carbons (Fsp3) is 0.414. The van der Waals surface area contributed by atoms with Crippen LogP contribution in [0.3, 0.4) is 0 Å². The van der Waals surface area contributed by atoms with Crippen LogP contribution in [0.15, 0.2) is 25.9 Å². The number of ether oxygens (including phenoxy) is 1. The summed E-state index contributed by atoms with van der Waals surface area (Å²) in [6.07, 6.45) is 1.42. The summed E-state index contributed by atoms with van der Waals surface area (Å²) >= 11 is 1.99. The molecule has 0 spiro atoms. The quantitative estimate of drug-likeness (QED) is 0.182. The van der Waals surface area contributed by atoms with Crippen molar-refractivity contribution < 1.29 is 13.8 Å². The first-order valence-corrected chi connectivity index (χ1v) is 19.1. The SMILES string of the molecule is Cc1cc(N2CCOCC2)nc2sc([S+]([O-])CCCc3csc(-c4cc(C)c5c(N)c([S+]([O-])C(C)C)sc5n4)n3)c(N)c12. The monoisotopic (exact) mass is 674 g/mol. The minimum Gasteiger partial charge on any atom is -0.611 e. The van der Waals surface area contributed by atoms with E-state index in [9.17, 15) is 9.11 Å². The van der Waals surface area contributed by atoms with E-state index in [1.165, 1.54) is 22.7 Å². The van der Waals surface area contributed by atoms with Crippen LogP contribution in [-0.2, 0) is 33.5 Å². The van der Waals surface area contributed by atoms with Gasteiger partial charge in [-0.15, -0.1) is 11.3 Å². The molecule has 2 unspecified atom stereocenters. The molecule has 1 fully saturated rings. The number of aromatic nitrogens is 3. The fourth-order valence-electron chi connectivity index (χ4n) is 5.18. The summed E-state index contributed by atoms with van der Waals surface area (Å²) in [5.41, 5.74) is 17.8. The van der Waals surface area contributed by atoms with Crippen LogP contribution < -0.4 is 16.4 Å². The Bertz CT molecular complexity index is 1780. The summed E-state index contributed by atoms with van der Waals surface area (Å²) in [6.45, 7) is 10.9. The number of rotatable bonds is 9. The molecule has 0 aliphatic carbocycles. The van der Waals surface area contributed by atoms with Crippen LogP contribution in [0.1, 0.15) is 37.1 Å². The average Bonchev–Trinajstić information content (AvgIpc) is 3.69. The van der Waals surface area contributed by atoms with Crippen molar-refractivity contribution in [2.75, 3.05) is 48.4 Å². The van der Waals surface area contributed by atoms with Gasteiger partial charge in [0.2, 0.25) is 8.42 Å². The van der Waals surface area contributed by atoms with Crippen molar-refractivity contribution in [1.29, 1.82) is 0 Å². The summed E-state index contributed by atoms with van der Waals surface area (Å²) in [4.78, 5) is 18.4. The zero-order valence-corrected chi connectivity index (χ0v) is 28.6. The van der Waals surface area contributed by atoms with Gasteiger partial charge in [-0.2, -0.15) is 0 Å². The topological polar surface area (TPSA) is 149 Å².